The molecule has 0 aliphatic heterocycles. The first-order valence-electron chi connectivity index (χ1n) is 6.02. The van der Waals surface area contributed by atoms with Gasteiger partial charge in [0, 0.05) is 15.2 Å². The third kappa shape index (κ3) is 3.41. The Hall–Kier alpha value is -1.05. The van der Waals surface area contributed by atoms with E-state index in [1.165, 1.54) is 32.4 Å². The highest BCUT2D eigenvalue weighted by Crippen LogP contribution is 2.38. The van der Waals surface area contributed by atoms with Crippen LogP contribution >= 0.6 is 34.2 Å². The lowest BCUT2D eigenvalue weighted by atomic mass is 10.0. The van der Waals surface area contributed by atoms with Crippen molar-refractivity contribution in [2.45, 2.75) is 6.10 Å². The number of hydrogen-bond acceptors (Lipinski definition) is 3. The van der Waals surface area contributed by atoms with Gasteiger partial charge in [-0.15, -0.1) is 0 Å². The van der Waals surface area contributed by atoms with Gasteiger partial charge < -0.3 is 14.6 Å². The van der Waals surface area contributed by atoms with Gasteiger partial charge in [0.25, 0.3) is 0 Å². The number of rotatable bonds is 4. The third-order valence-electron chi connectivity index (χ3n) is 3.05. The van der Waals surface area contributed by atoms with Gasteiger partial charge in [-0.25, -0.2) is 4.39 Å². The summed E-state index contributed by atoms with van der Waals surface area (Å²) >= 11 is 8.17. The second kappa shape index (κ2) is 6.81. The predicted molar refractivity (Wildman–Crippen MR) is 87.7 cm³/mol. The average molecular weight is 423 g/mol. The fraction of sp³-hybridized carbons (Fsp3) is 0.200. The number of aliphatic hydroxyl groups excluding tert-OH is 1. The highest BCUT2D eigenvalue weighted by atomic mass is 127. The van der Waals surface area contributed by atoms with Crippen LogP contribution in [-0.2, 0) is 0 Å². The first-order valence-corrected chi connectivity index (χ1v) is 7.48. The van der Waals surface area contributed by atoms with E-state index in [9.17, 15) is 9.50 Å². The van der Waals surface area contributed by atoms with Gasteiger partial charge in [-0.05, 0) is 46.4 Å². The number of halogens is 3. The van der Waals surface area contributed by atoms with Crippen molar-refractivity contribution in [1.29, 1.82) is 0 Å². The summed E-state index contributed by atoms with van der Waals surface area (Å²) in [6.07, 6.45) is -0.982. The zero-order chi connectivity index (χ0) is 15.6. The fourth-order valence-corrected chi connectivity index (χ4v) is 3.00. The van der Waals surface area contributed by atoms with Crippen LogP contribution < -0.4 is 9.47 Å². The Labute approximate surface area is 140 Å². The van der Waals surface area contributed by atoms with Crippen molar-refractivity contribution in [2.24, 2.45) is 0 Å². The van der Waals surface area contributed by atoms with Crippen molar-refractivity contribution in [1.82, 2.24) is 0 Å². The van der Waals surface area contributed by atoms with Gasteiger partial charge in [-0.3, -0.25) is 0 Å². The smallest absolute Gasteiger partial charge is 0.162 e. The van der Waals surface area contributed by atoms with Crippen molar-refractivity contribution in [3.63, 3.8) is 0 Å². The highest BCUT2D eigenvalue weighted by Gasteiger charge is 2.20. The molecule has 0 aromatic heterocycles. The van der Waals surface area contributed by atoms with Crippen LogP contribution in [0.5, 0.6) is 11.5 Å². The Bertz CT molecular complexity index is 664. The molecule has 0 spiro atoms. The Morgan fingerprint density at radius 2 is 1.71 bits per heavy atom. The molecule has 0 heterocycles. The minimum Gasteiger partial charge on any atom is -0.493 e. The minimum atomic E-state index is -0.982. The second-order valence-corrected chi connectivity index (χ2v) is 5.87. The molecule has 0 amide bonds. The summed E-state index contributed by atoms with van der Waals surface area (Å²) in [7, 11) is 3.01. The molecular weight excluding hydrogens is 410 g/mol. The molecular formula is C15H13ClFIO3. The molecule has 2 aromatic rings. The van der Waals surface area contributed by atoms with Gasteiger partial charge in [0.05, 0.1) is 19.2 Å². The summed E-state index contributed by atoms with van der Waals surface area (Å²) in [5.41, 5.74) is 1.05. The largest absolute Gasteiger partial charge is 0.493 e. The van der Waals surface area contributed by atoms with Crippen molar-refractivity contribution in [2.75, 3.05) is 14.2 Å². The average Bonchev–Trinajstić information content (AvgIpc) is 2.46. The molecule has 0 radical (unpaired) electrons. The van der Waals surface area contributed by atoms with Crippen molar-refractivity contribution < 1.29 is 19.0 Å². The molecule has 2 rings (SSSR count). The van der Waals surface area contributed by atoms with Gasteiger partial charge in [0.15, 0.2) is 11.5 Å². The summed E-state index contributed by atoms with van der Waals surface area (Å²) in [4.78, 5) is 0. The Kier molecular flexibility index (Phi) is 5.29. The van der Waals surface area contributed by atoms with E-state index in [0.29, 0.717) is 31.2 Å². The van der Waals surface area contributed by atoms with Crippen LogP contribution in [0, 0.1) is 9.39 Å². The molecule has 1 N–H and O–H groups in total. The van der Waals surface area contributed by atoms with E-state index in [2.05, 4.69) is 0 Å². The fourth-order valence-electron chi connectivity index (χ4n) is 1.97. The highest BCUT2D eigenvalue weighted by molar-refractivity contribution is 14.1. The summed E-state index contributed by atoms with van der Waals surface area (Å²) < 4.78 is 24.1. The van der Waals surface area contributed by atoms with Gasteiger partial charge in [0.1, 0.15) is 11.9 Å². The van der Waals surface area contributed by atoms with E-state index in [0.717, 1.165) is 0 Å². The Balaban J connectivity index is 2.50. The predicted octanol–water partition coefficient (Wildman–Crippen LogP) is 4.18. The lowest BCUT2D eigenvalue weighted by Crippen LogP contribution is -2.04. The SMILES string of the molecule is COc1cc(Cl)c(C(O)c2ccc(F)cc2I)cc1OC. The van der Waals surface area contributed by atoms with Crippen LogP contribution in [-0.4, -0.2) is 19.3 Å². The lowest BCUT2D eigenvalue weighted by molar-refractivity contribution is 0.218. The lowest BCUT2D eigenvalue weighted by Gasteiger charge is -2.17. The topological polar surface area (TPSA) is 38.7 Å². The molecule has 0 saturated heterocycles. The van der Waals surface area contributed by atoms with Crippen LogP contribution in [0.2, 0.25) is 5.02 Å². The summed E-state index contributed by atoms with van der Waals surface area (Å²) in [5.74, 6) is 0.592. The van der Waals surface area contributed by atoms with E-state index in [4.69, 9.17) is 21.1 Å². The number of benzene rings is 2. The molecule has 0 bridgehead atoms. The van der Waals surface area contributed by atoms with Gasteiger partial charge >= 0.3 is 0 Å². The van der Waals surface area contributed by atoms with Gasteiger partial charge in [0.2, 0.25) is 0 Å². The van der Waals surface area contributed by atoms with E-state index < -0.39 is 6.10 Å². The maximum Gasteiger partial charge on any atom is 0.162 e. The number of hydrogen-bond donors (Lipinski definition) is 1. The Morgan fingerprint density at radius 3 is 2.29 bits per heavy atom. The van der Waals surface area contributed by atoms with Crippen molar-refractivity contribution in [3.05, 3.63) is 55.9 Å². The molecule has 1 atom stereocenters. The third-order valence-corrected chi connectivity index (χ3v) is 4.32. The van der Waals surface area contributed by atoms with Crippen LogP contribution in [0.1, 0.15) is 17.2 Å². The van der Waals surface area contributed by atoms with Gasteiger partial charge in [-0.1, -0.05) is 17.7 Å². The van der Waals surface area contributed by atoms with Crippen LogP contribution in [0.25, 0.3) is 0 Å². The van der Waals surface area contributed by atoms with Crippen molar-refractivity contribution in [3.8, 4) is 11.5 Å². The number of ether oxygens (including phenoxy) is 2. The van der Waals surface area contributed by atoms with E-state index >= 15 is 0 Å². The Morgan fingerprint density at radius 1 is 1.10 bits per heavy atom. The number of aliphatic hydroxyl groups is 1. The second-order valence-electron chi connectivity index (χ2n) is 4.30. The normalized spacial score (nSPS) is 12.1. The molecule has 6 heteroatoms. The monoisotopic (exact) mass is 422 g/mol. The van der Waals surface area contributed by atoms with Crippen molar-refractivity contribution >= 4 is 34.2 Å². The quantitative estimate of drug-likeness (QED) is 0.751. The molecule has 2 aromatic carbocycles. The first kappa shape index (κ1) is 16.3. The summed E-state index contributed by atoms with van der Waals surface area (Å²) in [6, 6.07) is 7.39. The van der Waals surface area contributed by atoms with E-state index in [-0.39, 0.29) is 5.82 Å². The van der Waals surface area contributed by atoms with E-state index in [1.807, 2.05) is 22.6 Å². The molecule has 0 fully saturated rings. The number of methoxy groups -OCH3 is 2. The molecule has 0 aliphatic rings. The molecule has 112 valence electrons. The van der Waals surface area contributed by atoms with Gasteiger partial charge in [-0.2, -0.15) is 0 Å². The maximum atomic E-state index is 13.2. The van der Waals surface area contributed by atoms with Crippen LogP contribution in [0.4, 0.5) is 4.39 Å². The van der Waals surface area contributed by atoms with Crippen LogP contribution in [0.3, 0.4) is 0 Å². The molecule has 3 nitrogen and oxygen atoms in total. The first-order chi connectivity index (χ1) is 9.97. The minimum absolute atomic E-state index is 0.347. The maximum absolute atomic E-state index is 13.2. The summed E-state index contributed by atoms with van der Waals surface area (Å²) in [6.45, 7) is 0. The molecule has 1 unspecified atom stereocenters. The molecule has 21 heavy (non-hydrogen) atoms. The summed E-state index contributed by atoms with van der Waals surface area (Å²) in [5, 5.41) is 10.9. The van der Waals surface area contributed by atoms with E-state index in [1.54, 1.807) is 12.1 Å². The van der Waals surface area contributed by atoms with Crippen LogP contribution in [0.15, 0.2) is 30.3 Å². The molecule has 0 aliphatic carbocycles. The molecule has 0 saturated carbocycles. The zero-order valence-electron chi connectivity index (χ0n) is 11.4. The zero-order valence-corrected chi connectivity index (χ0v) is 14.3. The standard InChI is InChI=1S/C15H13ClFIO3/c1-20-13-6-10(11(16)7-14(13)21-2)15(19)9-4-3-8(17)5-12(9)18/h3-7,15,19H,1-2H3.